The van der Waals surface area contributed by atoms with Crippen molar-refractivity contribution in [2.24, 2.45) is 4.99 Å². The van der Waals surface area contributed by atoms with Crippen molar-refractivity contribution >= 4 is 5.96 Å². The van der Waals surface area contributed by atoms with Crippen molar-refractivity contribution in [2.75, 3.05) is 20.7 Å². The molecule has 2 aromatic rings. The minimum atomic E-state index is -0.279. The smallest absolute Gasteiger partial charge is 0.191 e. The van der Waals surface area contributed by atoms with E-state index in [9.17, 15) is 8.78 Å². The molecule has 0 heterocycles. The molecule has 0 spiro atoms. The van der Waals surface area contributed by atoms with Crippen molar-refractivity contribution in [2.45, 2.75) is 19.6 Å². The highest BCUT2D eigenvalue weighted by atomic mass is 19.1. The van der Waals surface area contributed by atoms with Crippen molar-refractivity contribution in [1.29, 1.82) is 0 Å². The normalized spacial score (nSPS) is 12.8. The van der Waals surface area contributed by atoms with E-state index >= 15 is 0 Å². The average Bonchev–Trinajstić information content (AvgIpc) is 2.62. The van der Waals surface area contributed by atoms with Crippen molar-refractivity contribution in [1.82, 2.24) is 10.6 Å². The molecular weight excluding hydrogens is 324 g/mol. The Labute approximate surface area is 146 Å². The zero-order chi connectivity index (χ0) is 18.2. The number of guanidine groups is 1. The minimum Gasteiger partial charge on any atom is -0.375 e. The molecule has 0 aromatic heterocycles. The summed E-state index contributed by atoms with van der Waals surface area (Å²) in [4.78, 5) is 4.16. The molecule has 0 bridgehead atoms. The van der Waals surface area contributed by atoms with E-state index in [4.69, 9.17) is 4.74 Å². The highest BCUT2D eigenvalue weighted by molar-refractivity contribution is 5.79. The number of nitrogens with one attached hydrogen (secondary N) is 2. The first-order valence-electron chi connectivity index (χ1n) is 8.01. The summed E-state index contributed by atoms with van der Waals surface area (Å²) in [5.41, 5.74) is 2.45. The van der Waals surface area contributed by atoms with Gasteiger partial charge in [-0.15, -0.1) is 0 Å². The lowest BCUT2D eigenvalue weighted by Crippen LogP contribution is -2.39. The van der Waals surface area contributed by atoms with Gasteiger partial charge in [-0.25, -0.2) is 8.78 Å². The largest absolute Gasteiger partial charge is 0.375 e. The predicted molar refractivity (Wildman–Crippen MR) is 95.5 cm³/mol. The topological polar surface area (TPSA) is 45.7 Å². The maximum Gasteiger partial charge on any atom is 0.191 e. The van der Waals surface area contributed by atoms with E-state index in [1.165, 1.54) is 18.2 Å². The van der Waals surface area contributed by atoms with Crippen LogP contribution in [0.15, 0.2) is 47.5 Å². The number of aryl methyl sites for hydroxylation is 1. The average molecular weight is 347 g/mol. The molecule has 0 saturated heterocycles. The lowest BCUT2D eigenvalue weighted by Gasteiger charge is -2.19. The number of halogens is 2. The number of ether oxygens (including phenoxy) is 1. The fraction of sp³-hybridized carbons (Fsp3) is 0.316. The Morgan fingerprint density at radius 2 is 1.84 bits per heavy atom. The molecular formula is C19H23F2N3O. The summed E-state index contributed by atoms with van der Waals surface area (Å²) in [7, 11) is 3.28. The van der Waals surface area contributed by atoms with Crippen molar-refractivity contribution < 1.29 is 13.5 Å². The highest BCUT2D eigenvalue weighted by Gasteiger charge is 2.11. The van der Waals surface area contributed by atoms with Crippen LogP contribution in [0.1, 0.15) is 22.8 Å². The second kappa shape index (κ2) is 9.13. The molecule has 2 aromatic carbocycles. The van der Waals surface area contributed by atoms with E-state index in [1.807, 2.05) is 0 Å². The van der Waals surface area contributed by atoms with E-state index in [0.717, 1.165) is 11.1 Å². The Morgan fingerprint density at radius 1 is 1.12 bits per heavy atom. The first-order valence-corrected chi connectivity index (χ1v) is 8.01. The molecule has 0 aliphatic rings. The number of benzene rings is 2. The Hall–Kier alpha value is -2.47. The van der Waals surface area contributed by atoms with Gasteiger partial charge >= 0.3 is 0 Å². The predicted octanol–water partition coefficient (Wildman–Crippen LogP) is 3.33. The van der Waals surface area contributed by atoms with Crippen LogP contribution in [0.25, 0.3) is 0 Å². The van der Waals surface area contributed by atoms with E-state index in [2.05, 4.69) is 15.6 Å². The van der Waals surface area contributed by atoms with Gasteiger partial charge in [-0.05, 0) is 41.8 Å². The van der Waals surface area contributed by atoms with E-state index in [0.29, 0.717) is 24.6 Å². The first kappa shape index (κ1) is 18.9. The molecule has 0 aliphatic carbocycles. The van der Waals surface area contributed by atoms with Gasteiger partial charge in [0.1, 0.15) is 11.6 Å². The fourth-order valence-corrected chi connectivity index (χ4v) is 2.43. The van der Waals surface area contributed by atoms with Gasteiger partial charge in [0.2, 0.25) is 0 Å². The summed E-state index contributed by atoms with van der Waals surface area (Å²) in [6.45, 7) is 2.73. The van der Waals surface area contributed by atoms with Gasteiger partial charge in [0.15, 0.2) is 5.96 Å². The Balaban J connectivity index is 1.90. The van der Waals surface area contributed by atoms with Crippen LogP contribution in [0.3, 0.4) is 0 Å². The Morgan fingerprint density at radius 3 is 2.44 bits per heavy atom. The molecule has 134 valence electrons. The number of methoxy groups -OCH3 is 1. The first-order chi connectivity index (χ1) is 12.0. The third kappa shape index (κ3) is 5.53. The molecule has 2 N–H and O–H groups in total. The lowest BCUT2D eigenvalue weighted by molar-refractivity contribution is 0.106. The third-order valence-electron chi connectivity index (χ3n) is 3.89. The van der Waals surface area contributed by atoms with Crippen LogP contribution in [0.4, 0.5) is 8.78 Å². The van der Waals surface area contributed by atoms with Gasteiger partial charge in [-0.3, -0.25) is 4.99 Å². The van der Waals surface area contributed by atoms with Crippen LogP contribution in [0.5, 0.6) is 0 Å². The van der Waals surface area contributed by atoms with E-state index in [-0.39, 0.29) is 17.7 Å². The highest BCUT2D eigenvalue weighted by Crippen LogP contribution is 2.16. The summed E-state index contributed by atoms with van der Waals surface area (Å²) < 4.78 is 31.8. The molecule has 0 amide bonds. The van der Waals surface area contributed by atoms with Crippen LogP contribution in [0, 0.1) is 18.6 Å². The molecule has 1 unspecified atom stereocenters. The van der Waals surface area contributed by atoms with Gasteiger partial charge in [0.25, 0.3) is 0 Å². The molecule has 25 heavy (non-hydrogen) atoms. The van der Waals surface area contributed by atoms with Gasteiger partial charge in [-0.1, -0.05) is 24.3 Å². The summed E-state index contributed by atoms with van der Waals surface area (Å²) in [5, 5.41) is 6.35. The minimum absolute atomic E-state index is 0.214. The molecule has 0 aliphatic heterocycles. The van der Waals surface area contributed by atoms with Crippen LogP contribution < -0.4 is 10.6 Å². The number of aliphatic imine (C=N–C) groups is 1. The maximum atomic E-state index is 13.3. The van der Waals surface area contributed by atoms with Gasteiger partial charge in [0.05, 0.1) is 6.10 Å². The second-order valence-corrected chi connectivity index (χ2v) is 5.67. The maximum absolute atomic E-state index is 13.3. The van der Waals surface area contributed by atoms with Gasteiger partial charge in [0, 0.05) is 27.2 Å². The van der Waals surface area contributed by atoms with Crippen LogP contribution >= 0.6 is 0 Å². The summed E-state index contributed by atoms with van der Waals surface area (Å²) in [6, 6.07) is 11.2. The number of rotatable bonds is 6. The monoisotopic (exact) mass is 347 g/mol. The molecule has 4 nitrogen and oxygen atoms in total. The van der Waals surface area contributed by atoms with E-state index in [1.54, 1.807) is 45.3 Å². The summed E-state index contributed by atoms with van der Waals surface area (Å²) in [6.07, 6.45) is -0.229. The molecule has 0 fully saturated rings. The second-order valence-electron chi connectivity index (χ2n) is 5.67. The third-order valence-corrected chi connectivity index (χ3v) is 3.89. The molecule has 1 atom stereocenters. The Kier molecular flexibility index (Phi) is 6.89. The van der Waals surface area contributed by atoms with Crippen LogP contribution in [-0.4, -0.2) is 26.7 Å². The number of hydrogen-bond acceptors (Lipinski definition) is 2. The van der Waals surface area contributed by atoms with Crippen molar-refractivity contribution in [3.8, 4) is 0 Å². The fourth-order valence-electron chi connectivity index (χ4n) is 2.43. The summed E-state index contributed by atoms with van der Waals surface area (Å²) >= 11 is 0. The van der Waals surface area contributed by atoms with E-state index < -0.39 is 0 Å². The van der Waals surface area contributed by atoms with Gasteiger partial charge in [-0.2, -0.15) is 0 Å². The SMILES string of the molecule is CN=C(NCc1ccc(F)c(C)c1)NCC(OC)c1ccc(F)cc1. The number of nitrogens with zero attached hydrogens (tertiary/aromatic N) is 1. The Bertz CT molecular complexity index is 717. The quantitative estimate of drug-likeness (QED) is 0.622. The van der Waals surface area contributed by atoms with Crippen LogP contribution in [-0.2, 0) is 11.3 Å². The molecule has 0 radical (unpaired) electrons. The molecule has 2 rings (SSSR count). The van der Waals surface area contributed by atoms with Crippen molar-refractivity contribution in [3.63, 3.8) is 0 Å². The lowest BCUT2D eigenvalue weighted by atomic mass is 10.1. The van der Waals surface area contributed by atoms with Gasteiger partial charge < -0.3 is 15.4 Å². The standard InChI is InChI=1S/C19H23F2N3O/c1-13-10-14(4-9-17(13)21)11-23-19(22-2)24-12-18(25-3)15-5-7-16(20)8-6-15/h4-10,18H,11-12H2,1-3H3,(H2,22,23,24). The van der Waals surface area contributed by atoms with Crippen LogP contribution in [0.2, 0.25) is 0 Å². The molecule has 0 saturated carbocycles. The zero-order valence-electron chi connectivity index (χ0n) is 14.6. The van der Waals surface area contributed by atoms with Crippen molar-refractivity contribution in [3.05, 3.63) is 70.8 Å². The zero-order valence-corrected chi connectivity index (χ0v) is 14.6. The molecule has 6 heteroatoms. The number of hydrogen-bond donors (Lipinski definition) is 2. The summed E-state index contributed by atoms with van der Waals surface area (Å²) in [5.74, 6) is 0.110.